The summed E-state index contributed by atoms with van der Waals surface area (Å²) in [7, 11) is 3.86. The van der Waals surface area contributed by atoms with Crippen LogP contribution in [0.4, 0.5) is 0 Å². The molecule has 0 aromatic carbocycles. The van der Waals surface area contributed by atoms with E-state index in [1.165, 1.54) is 24.8 Å². The Balaban J connectivity index is 2.42. The van der Waals surface area contributed by atoms with E-state index in [0.29, 0.717) is 6.04 Å². The SMILES string of the molecule is C=C(C)CC(CC1(OC)CCC1)NC. The maximum absolute atomic E-state index is 5.62. The number of hydrogen-bond donors (Lipinski definition) is 1. The highest BCUT2D eigenvalue weighted by molar-refractivity contribution is 4.98. The van der Waals surface area contributed by atoms with Gasteiger partial charge in [0.2, 0.25) is 0 Å². The van der Waals surface area contributed by atoms with Gasteiger partial charge in [-0.15, -0.1) is 6.58 Å². The van der Waals surface area contributed by atoms with Gasteiger partial charge in [-0.1, -0.05) is 5.57 Å². The molecule has 1 saturated carbocycles. The molecule has 0 bridgehead atoms. The molecule has 2 heteroatoms. The van der Waals surface area contributed by atoms with E-state index in [-0.39, 0.29) is 5.60 Å². The van der Waals surface area contributed by atoms with Crippen LogP contribution in [0.5, 0.6) is 0 Å². The van der Waals surface area contributed by atoms with E-state index in [0.717, 1.165) is 12.8 Å². The Morgan fingerprint density at radius 1 is 1.57 bits per heavy atom. The second-order valence-corrected chi connectivity index (χ2v) is 4.59. The molecular weight excluding hydrogens is 174 g/mol. The largest absolute Gasteiger partial charge is 0.378 e. The third kappa shape index (κ3) is 2.82. The van der Waals surface area contributed by atoms with Crippen molar-refractivity contribution in [2.45, 2.75) is 50.7 Å². The molecule has 82 valence electrons. The summed E-state index contributed by atoms with van der Waals surface area (Å²) < 4.78 is 5.62. The van der Waals surface area contributed by atoms with Crippen LogP contribution >= 0.6 is 0 Å². The van der Waals surface area contributed by atoms with Crippen molar-refractivity contribution in [2.24, 2.45) is 0 Å². The topological polar surface area (TPSA) is 21.3 Å². The molecule has 0 spiro atoms. The summed E-state index contributed by atoms with van der Waals surface area (Å²) in [6, 6.07) is 0.521. The number of ether oxygens (including phenoxy) is 1. The number of rotatable bonds is 6. The first-order valence-electron chi connectivity index (χ1n) is 5.49. The molecule has 0 aliphatic heterocycles. The molecule has 14 heavy (non-hydrogen) atoms. The Morgan fingerprint density at radius 2 is 2.21 bits per heavy atom. The fourth-order valence-electron chi connectivity index (χ4n) is 2.21. The maximum Gasteiger partial charge on any atom is 0.0693 e. The molecule has 1 N–H and O–H groups in total. The van der Waals surface area contributed by atoms with E-state index < -0.39 is 0 Å². The van der Waals surface area contributed by atoms with Gasteiger partial charge in [0.25, 0.3) is 0 Å². The van der Waals surface area contributed by atoms with Crippen molar-refractivity contribution >= 4 is 0 Å². The average Bonchev–Trinajstić information content (AvgIpc) is 2.08. The maximum atomic E-state index is 5.62. The molecule has 0 saturated heterocycles. The molecule has 0 aromatic rings. The van der Waals surface area contributed by atoms with Gasteiger partial charge < -0.3 is 10.1 Å². The molecule has 1 aliphatic carbocycles. The monoisotopic (exact) mass is 197 g/mol. The molecule has 0 aromatic heterocycles. The van der Waals surface area contributed by atoms with Crippen LogP contribution in [-0.4, -0.2) is 25.8 Å². The second-order valence-electron chi connectivity index (χ2n) is 4.59. The summed E-state index contributed by atoms with van der Waals surface area (Å²) in [5.41, 5.74) is 1.42. The minimum Gasteiger partial charge on any atom is -0.378 e. The normalized spacial score (nSPS) is 21.4. The molecule has 1 rings (SSSR count). The Bertz CT molecular complexity index is 191. The zero-order chi connectivity index (χ0) is 10.6. The molecular formula is C12H23NO. The van der Waals surface area contributed by atoms with E-state index >= 15 is 0 Å². The Labute approximate surface area is 87.7 Å². The van der Waals surface area contributed by atoms with Gasteiger partial charge in [-0.25, -0.2) is 0 Å². The van der Waals surface area contributed by atoms with Crippen LogP contribution < -0.4 is 5.32 Å². The van der Waals surface area contributed by atoms with Crippen LogP contribution in [0.1, 0.15) is 39.0 Å². The van der Waals surface area contributed by atoms with E-state index in [9.17, 15) is 0 Å². The van der Waals surface area contributed by atoms with Crippen molar-refractivity contribution in [3.8, 4) is 0 Å². The van der Waals surface area contributed by atoms with Gasteiger partial charge >= 0.3 is 0 Å². The van der Waals surface area contributed by atoms with Crippen molar-refractivity contribution in [2.75, 3.05) is 14.2 Å². The lowest BCUT2D eigenvalue weighted by molar-refractivity contribution is -0.0830. The van der Waals surface area contributed by atoms with Crippen LogP contribution in [0.2, 0.25) is 0 Å². The number of methoxy groups -OCH3 is 1. The van der Waals surface area contributed by atoms with Gasteiger partial charge in [0.1, 0.15) is 0 Å². The fraction of sp³-hybridized carbons (Fsp3) is 0.833. The molecule has 1 unspecified atom stereocenters. The fourth-order valence-corrected chi connectivity index (χ4v) is 2.21. The lowest BCUT2D eigenvalue weighted by atomic mass is 9.75. The molecule has 0 heterocycles. The van der Waals surface area contributed by atoms with E-state index in [2.05, 4.69) is 18.8 Å². The minimum atomic E-state index is 0.170. The highest BCUT2D eigenvalue weighted by Crippen LogP contribution is 2.39. The van der Waals surface area contributed by atoms with Gasteiger partial charge in [0.05, 0.1) is 5.60 Å². The highest BCUT2D eigenvalue weighted by atomic mass is 16.5. The zero-order valence-corrected chi connectivity index (χ0v) is 9.73. The molecule has 0 amide bonds. The summed E-state index contributed by atoms with van der Waals surface area (Å²) >= 11 is 0. The van der Waals surface area contributed by atoms with Crippen molar-refractivity contribution in [3.05, 3.63) is 12.2 Å². The average molecular weight is 197 g/mol. The van der Waals surface area contributed by atoms with Crippen molar-refractivity contribution in [1.82, 2.24) is 5.32 Å². The molecule has 1 fully saturated rings. The lowest BCUT2D eigenvalue weighted by Crippen LogP contribution is -2.45. The highest BCUT2D eigenvalue weighted by Gasteiger charge is 2.38. The van der Waals surface area contributed by atoms with Gasteiger partial charge in [-0.2, -0.15) is 0 Å². The first kappa shape index (κ1) is 11.7. The van der Waals surface area contributed by atoms with Crippen LogP contribution in [0, 0.1) is 0 Å². The summed E-state index contributed by atoms with van der Waals surface area (Å²) in [5, 5.41) is 3.35. The van der Waals surface area contributed by atoms with Crippen LogP contribution in [0.15, 0.2) is 12.2 Å². The summed E-state index contributed by atoms with van der Waals surface area (Å²) in [6.07, 6.45) is 5.93. The quantitative estimate of drug-likeness (QED) is 0.661. The van der Waals surface area contributed by atoms with Crippen molar-refractivity contribution in [3.63, 3.8) is 0 Å². The molecule has 0 radical (unpaired) electrons. The zero-order valence-electron chi connectivity index (χ0n) is 9.73. The van der Waals surface area contributed by atoms with Crippen LogP contribution in [0.3, 0.4) is 0 Å². The Kier molecular flexibility index (Phi) is 4.14. The van der Waals surface area contributed by atoms with E-state index in [1.54, 1.807) is 0 Å². The minimum absolute atomic E-state index is 0.170. The summed E-state index contributed by atoms with van der Waals surface area (Å²) in [6.45, 7) is 6.05. The first-order chi connectivity index (χ1) is 6.62. The molecule has 1 atom stereocenters. The van der Waals surface area contributed by atoms with E-state index in [4.69, 9.17) is 4.74 Å². The van der Waals surface area contributed by atoms with Crippen molar-refractivity contribution < 1.29 is 4.74 Å². The van der Waals surface area contributed by atoms with Crippen LogP contribution in [0.25, 0.3) is 0 Å². The third-order valence-electron chi connectivity index (χ3n) is 3.32. The summed E-state index contributed by atoms with van der Waals surface area (Å²) in [4.78, 5) is 0. The number of hydrogen-bond acceptors (Lipinski definition) is 2. The summed E-state index contributed by atoms with van der Waals surface area (Å²) in [5.74, 6) is 0. The Morgan fingerprint density at radius 3 is 2.50 bits per heavy atom. The first-order valence-corrected chi connectivity index (χ1v) is 5.49. The predicted octanol–water partition coefficient (Wildman–Crippen LogP) is 2.50. The standard InChI is InChI=1S/C12H23NO/c1-10(2)8-11(13-3)9-12(14-4)6-5-7-12/h11,13H,1,5-9H2,2-4H3. The third-order valence-corrected chi connectivity index (χ3v) is 3.32. The lowest BCUT2D eigenvalue weighted by Gasteiger charge is -2.42. The smallest absolute Gasteiger partial charge is 0.0693 e. The molecule has 2 nitrogen and oxygen atoms in total. The van der Waals surface area contributed by atoms with E-state index in [1.807, 2.05) is 14.2 Å². The molecule has 1 aliphatic rings. The van der Waals surface area contributed by atoms with Gasteiger partial charge in [-0.05, 0) is 46.1 Å². The predicted molar refractivity (Wildman–Crippen MR) is 60.5 cm³/mol. The van der Waals surface area contributed by atoms with Gasteiger partial charge in [0.15, 0.2) is 0 Å². The van der Waals surface area contributed by atoms with Crippen molar-refractivity contribution in [1.29, 1.82) is 0 Å². The van der Waals surface area contributed by atoms with Crippen LogP contribution in [-0.2, 0) is 4.74 Å². The van der Waals surface area contributed by atoms with Gasteiger partial charge in [-0.3, -0.25) is 0 Å². The number of nitrogens with one attached hydrogen (secondary N) is 1. The Hall–Kier alpha value is -0.340. The van der Waals surface area contributed by atoms with Gasteiger partial charge in [0, 0.05) is 13.2 Å². The second kappa shape index (κ2) is 4.94.